The molecule has 102 valence electrons. The fraction of sp³-hybridized carbons (Fsp3) is 0.267. The van der Waals surface area contributed by atoms with E-state index in [4.69, 9.17) is 0 Å². The van der Waals surface area contributed by atoms with Gasteiger partial charge in [-0.2, -0.15) is 10.1 Å². The summed E-state index contributed by atoms with van der Waals surface area (Å²) in [5.41, 5.74) is 5.20. The van der Waals surface area contributed by atoms with Gasteiger partial charge in [-0.05, 0) is 32.9 Å². The van der Waals surface area contributed by atoms with Crippen LogP contribution < -0.4 is 5.32 Å². The van der Waals surface area contributed by atoms with Gasteiger partial charge in [0.2, 0.25) is 5.95 Å². The Morgan fingerprint density at radius 3 is 2.55 bits per heavy atom. The standard InChI is InChI=1S/C15H17N5/c1-4-16-15-18-13(12-8-17-20-14(12)19-15)11-6-9(2)5-10(3)7-11/h5-8H,4H2,1-3H3,(H2,16,17,18,19,20). The minimum absolute atomic E-state index is 0.624. The van der Waals surface area contributed by atoms with E-state index in [0.29, 0.717) is 5.95 Å². The molecule has 0 saturated carbocycles. The van der Waals surface area contributed by atoms with Crippen molar-refractivity contribution >= 4 is 17.0 Å². The highest BCUT2D eigenvalue weighted by Crippen LogP contribution is 2.27. The van der Waals surface area contributed by atoms with Crippen LogP contribution in [0.3, 0.4) is 0 Å². The zero-order chi connectivity index (χ0) is 14.1. The van der Waals surface area contributed by atoms with E-state index in [1.54, 1.807) is 6.20 Å². The predicted molar refractivity (Wildman–Crippen MR) is 80.8 cm³/mol. The topological polar surface area (TPSA) is 66.5 Å². The summed E-state index contributed by atoms with van der Waals surface area (Å²) >= 11 is 0. The maximum Gasteiger partial charge on any atom is 0.225 e. The van der Waals surface area contributed by atoms with Crippen LogP contribution in [0.4, 0.5) is 5.95 Å². The van der Waals surface area contributed by atoms with Crippen LogP contribution in [0, 0.1) is 13.8 Å². The third-order valence-electron chi connectivity index (χ3n) is 3.14. The van der Waals surface area contributed by atoms with Crippen molar-refractivity contribution < 1.29 is 0 Å². The first-order chi connectivity index (χ1) is 9.67. The highest BCUT2D eigenvalue weighted by atomic mass is 15.2. The minimum atomic E-state index is 0.624. The van der Waals surface area contributed by atoms with Gasteiger partial charge in [0.1, 0.15) is 0 Å². The lowest BCUT2D eigenvalue weighted by atomic mass is 10.0. The Bertz CT molecular complexity index is 740. The van der Waals surface area contributed by atoms with E-state index in [-0.39, 0.29) is 0 Å². The molecule has 5 nitrogen and oxygen atoms in total. The van der Waals surface area contributed by atoms with E-state index in [0.717, 1.165) is 28.8 Å². The molecule has 3 rings (SSSR count). The summed E-state index contributed by atoms with van der Waals surface area (Å²) in [6.07, 6.45) is 1.78. The number of fused-ring (bicyclic) bond motifs is 1. The first-order valence-electron chi connectivity index (χ1n) is 6.71. The zero-order valence-corrected chi connectivity index (χ0v) is 11.9. The van der Waals surface area contributed by atoms with Gasteiger partial charge >= 0.3 is 0 Å². The normalized spacial score (nSPS) is 10.9. The fourth-order valence-electron chi connectivity index (χ4n) is 2.40. The molecule has 2 aromatic heterocycles. The highest BCUT2D eigenvalue weighted by Gasteiger charge is 2.11. The molecule has 0 aliphatic carbocycles. The van der Waals surface area contributed by atoms with Gasteiger partial charge in [-0.1, -0.05) is 17.2 Å². The summed E-state index contributed by atoms with van der Waals surface area (Å²) in [5, 5.41) is 11.1. The van der Waals surface area contributed by atoms with Crippen LogP contribution in [0.25, 0.3) is 22.3 Å². The van der Waals surface area contributed by atoms with Crippen molar-refractivity contribution in [1.82, 2.24) is 20.2 Å². The van der Waals surface area contributed by atoms with Gasteiger partial charge in [0, 0.05) is 12.1 Å². The molecular formula is C15H17N5. The molecule has 0 amide bonds. The fourth-order valence-corrected chi connectivity index (χ4v) is 2.40. The van der Waals surface area contributed by atoms with Gasteiger partial charge < -0.3 is 5.32 Å². The van der Waals surface area contributed by atoms with E-state index in [1.807, 2.05) is 6.92 Å². The summed E-state index contributed by atoms with van der Waals surface area (Å²) in [6.45, 7) is 6.99. The predicted octanol–water partition coefficient (Wildman–Crippen LogP) is 3.07. The first-order valence-corrected chi connectivity index (χ1v) is 6.71. The molecule has 0 radical (unpaired) electrons. The van der Waals surface area contributed by atoms with Gasteiger partial charge in [-0.25, -0.2) is 4.98 Å². The minimum Gasteiger partial charge on any atom is -0.354 e. The summed E-state index contributed by atoms with van der Waals surface area (Å²) in [5.74, 6) is 0.624. The molecule has 0 saturated heterocycles. The van der Waals surface area contributed by atoms with Crippen molar-refractivity contribution in [1.29, 1.82) is 0 Å². The number of hydrogen-bond acceptors (Lipinski definition) is 4. The van der Waals surface area contributed by atoms with Gasteiger partial charge in [-0.15, -0.1) is 0 Å². The maximum atomic E-state index is 4.63. The van der Waals surface area contributed by atoms with Crippen LogP contribution in [0.15, 0.2) is 24.4 Å². The van der Waals surface area contributed by atoms with Crippen LogP contribution in [-0.4, -0.2) is 26.7 Å². The van der Waals surface area contributed by atoms with Crippen molar-refractivity contribution in [2.45, 2.75) is 20.8 Å². The Kier molecular flexibility index (Phi) is 3.10. The maximum absolute atomic E-state index is 4.63. The second kappa shape index (κ2) is 4.92. The number of nitrogens with one attached hydrogen (secondary N) is 2. The van der Waals surface area contributed by atoms with E-state index in [2.05, 4.69) is 57.5 Å². The summed E-state index contributed by atoms with van der Waals surface area (Å²) in [6, 6.07) is 6.43. The van der Waals surface area contributed by atoms with Crippen molar-refractivity contribution in [2.75, 3.05) is 11.9 Å². The van der Waals surface area contributed by atoms with Crippen molar-refractivity contribution in [3.63, 3.8) is 0 Å². The number of nitrogens with zero attached hydrogens (tertiary/aromatic N) is 3. The van der Waals surface area contributed by atoms with Crippen molar-refractivity contribution in [2.24, 2.45) is 0 Å². The lowest BCUT2D eigenvalue weighted by Gasteiger charge is -2.08. The molecule has 0 atom stereocenters. The largest absolute Gasteiger partial charge is 0.354 e. The lowest BCUT2D eigenvalue weighted by molar-refractivity contribution is 1.07. The molecule has 20 heavy (non-hydrogen) atoms. The zero-order valence-electron chi connectivity index (χ0n) is 11.9. The first kappa shape index (κ1) is 12.6. The SMILES string of the molecule is CCNc1nc(-c2cc(C)cc(C)c2)c2cn[nH]c2n1. The molecule has 3 aromatic rings. The molecule has 0 aliphatic rings. The Balaban J connectivity index is 2.25. The van der Waals surface area contributed by atoms with Crippen LogP contribution in [-0.2, 0) is 0 Å². The van der Waals surface area contributed by atoms with E-state index < -0.39 is 0 Å². The molecule has 2 N–H and O–H groups in total. The quantitative estimate of drug-likeness (QED) is 0.765. The number of aryl methyl sites for hydroxylation is 2. The van der Waals surface area contributed by atoms with Gasteiger partial charge in [0.25, 0.3) is 0 Å². The third-order valence-corrected chi connectivity index (χ3v) is 3.14. The molecule has 0 aliphatic heterocycles. The molecule has 0 unspecified atom stereocenters. The average Bonchev–Trinajstić information content (AvgIpc) is 2.85. The molecule has 0 bridgehead atoms. The van der Waals surface area contributed by atoms with Crippen LogP contribution >= 0.6 is 0 Å². The van der Waals surface area contributed by atoms with Crippen molar-refractivity contribution in [3.8, 4) is 11.3 Å². The monoisotopic (exact) mass is 267 g/mol. The molecule has 0 fully saturated rings. The number of rotatable bonds is 3. The summed E-state index contributed by atoms with van der Waals surface area (Å²) < 4.78 is 0. The number of hydrogen-bond donors (Lipinski definition) is 2. The van der Waals surface area contributed by atoms with Crippen LogP contribution in [0.2, 0.25) is 0 Å². The van der Waals surface area contributed by atoms with Crippen molar-refractivity contribution in [3.05, 3.63) is 35.5 Å². The van der Waals surface area contributed by atoms with Crippen LogP contribution in [0.5, 0.6) is 0 Å². The molecule has 5 heteroatoms. The van der Waals surface area contributed by atoms with E-state index >= 15 is 0 Å². The lowest BCUT2D eigenvalue weighted by Crippen LogP contribution is -2.03. The van der Waals surface area contributed by atoms with Gasteiger partial charge in [-0.3, -0.25) is 5.10 Å². The second-order valence-corrected chi connectivity index (χ2v) is 4.93. The Hall–Kier alpha value is -2.43. The second-order valence-electron chi connectivity index (χ2n) is 4.93. The molecule has 2 heterocycles. The van der Waals surface area contributed by atoms with E-state index in [1.165, 1.54) is 11.1 Å². The number of anilines is 1. The highest BCUT2D eigenvalue weighted by molar-refractivity contribution is 5.90. The van der Waals surface area contributed by atoms with Gasteiger partial charge in [0.05, 0.1) is 17.3 Å². The molecule has 1 aromatic carbocycles. The average molecular weight is 267 g/mol. The molecule has 0 spiro atoms. The summed E-state index contributed by atoms with van der Waals surface area (Å²) in [7, 11) is 0. The Labute approximate surface area is 117 Å². The molecular weight excluding hydrogens is 250 g/mol. The van der Waals surface area contributed by atoms with E-state index in [9.17, 15) is 0 Å². The third kappa shape index (κ3) is 2.22. The smallest absolute Gasteiger partial charge is 0.225 e. The summed E-state index contributed by atoms with van der Waals surface area (Å²) in [4.78, 5) is 9.05. The van der Waals surface area contributed by atoms with Crippen LogP contribution in [0.1, 0.15) is 18.1 Å². The number of aromatic amines is 1. The Morgan fingerprint density at radius 1 is 1.10 bits per heavy atom. The van der Waals surface area contributed by atoms with Gasteiger partial charge in [0.15, 0.2) is 5.65 Å². The number of H-pyrrole nitrogens is 1. The number of aromatic nitrogens is 4. The number of benzene rings is 1. The Morgan fingerprint density at radius 2 is 1.85 bits per heavy atom.